The Kier molecular flexibility index (Phi) is 7.80. The van der Waals surface area contributed by atoms with Gasteiger partial charge in [0.1, 0.15) is 0 Å². The number of aliphatic carboxylic acids is 1. The molecule has 20 heavy (non-hydrogen) atoms. The number of carboxylic acids is 1. The van der Waals surface area contributed by atoms with Crippen LogP contribution in [-0.2, 0) is 16.0 Å². The average Bonchev–Trinajstić information content (AvgIpc) is 2.43. The van der Waals surface area contributed by atoms with Crippen molar-refractivity contribution in [2.45, 2.75) is 31.7 Å². The van der Waals surface area contributed by atoms with E-state index in [1.54, 1.807) is 11.8 Å². The minimum absolute atomic E-state index is 0.00864. The van der Waals surface area contributed by atoms with Crippen LogP contribution in [0.15, 0.2) is 30.3 Å². The van der Waals surface area contributed by atoms with Crippen molar-refractivity contribution < 1.29 is 14.7 Å². The number of rotatable bonds is 9. The average molecular weight is 295 g/mol. The Morgan fingerprint density at radius 3 is 2.55 bits per heavy atom. The van der Waals surface area contributed by atoms with Crippen molar-refractivity contribution >= 4 is 23.6 Å². The molecule has 5 heteroatoms. The van der Waals surface area contributed by atoms with Gasteiger partial charge in [0.05, 0.1) is 0 Å². The Labute approximate surface area is 124 Å². The number of benzene rings is 1. The molecule has 1 unspecified atom stereocenters. The number of carboxylic acid groups (broad SMARTS) is 1. The molecule has 4 nitrogen and oxygen atoms in total. The summed E-state index contributed by atoms with van der Waals surface area (Å²) < 4.78 is 0. The third-order valence-corrected chi connectivity index (χ3v) is 3.54. The topological polar surface area (TPSA) is 66.4 Å². The molecule has 0 aromatic heterocycles. The van der Waals surface area contributed by atoms with E-state index < -0.39 is 5.97 Å². The molecule has 110 valence electrons. The molecular formula is C15H21NO3S. The Morgan fingerprint density at radius 1 is 1.25 bits per heavy atom. The number of carbonyl (C=O) groups excluding carboxylic acids is 1. The first kappa shape index (κ1) is 16.6. The first-order valence-corrected chi connectivity index (χ1v) is 8.05. The molecule has 1 atom stereocenters. The number of hydrogen-bond donors (Lipinski definition) is 2. The Morgan fingerprint density at radius 2 is 1.95 bits per heavy atom. The van der Waals surface area contributed by atoms with E-state index in [-0.39, 0.29) is 18.4 Å². The SMILES string of the molecule is CSCCC(=O)NC(CCC(=O)O)Cc1ccccc1. The number of thioether (sulfide) groups is 1. The number of carbonyl (C=O) groups is 2. The lowest BCUT2D eigenvalue weighted by atomic mass is 10.0. The molecule has 1 aromatic carbocycles. The summed E-state index contributed by atoms with van der Waals surface area (Å²) in [6.45, 7) is 0. The normalized spacial score (nSPS) is 11.8. The van der Waals surface area contributed by atoms with Crippen LogP contribution in [-0.4, -0.2) is 35.0 Å². The second-order valence-electron chi connectivity index (χ2n) is 4.63. The van der Waals surface area contributed by atoms with Crippen LogP contribution in [0.1, 0.15) is 24.8 Å². The van der Waals surface area contributed by atoms with E-state index in [9.17, 15) is 9.59 Å². The van der Waals surface area contributed by atoms with Crippen LogP contribution in [0.4, 0.5) is 0 Å². The standard InChI is InChI=1S/C15H21NO3S/c1-20-10-9-14(17)16-13(7-8-15(18)19)11-12-5-3-2-4-6-12/h2-6,13H,7-11H2,1H3,(H,16,17)(H,18,19). The van der Waals surface area contributed by atoms with Crippen molar-refractivity contribution in [2.24, 2.45) is 0 Å². The van der Waals surface area contributed by atoms with E-state index in [1.807, 2.05) is 36.6 Å². The van der Waals surface area contributed by atoms with Gasteiger partial charge in [-0.05, 0) is 24.7 Å². The van der Waals surface area contributed by atoms with Gasteiger partial charge in [-0.15, -0.1) is 0 Å². The van der Waals surface area contributed by atoms with E-state index in [2.05, 4.69) is 5.32 Å². The molecule has 0 saturated heterocycles. The zero-order chi connectivity index (χ0) is 14.8. The molecule has 0 bridgehead atoms. The van der Waals surface area contributed by atoms with Crippen LogP contribution in [0.2, 0.25) is 0 Å². The van der Waals surface area contributed by atoms with Gasteiger partial charge >= 0.3 is 5.97 Å². The van der Waals surface area contributed by atoms with Crippen LogP contribution in [0.25, 0.3) is 0 Å². The first-order chi connectivity index (χ1) is 9.61. The first-order valence-electron chi connectivity index (χ1n) is 6.66. The predicted octanol–water partition coefficient (Wildman–Crippen LogP) is 2.33. The Balaban J connectivity index is 2.55. The molecule has 1 rings (SSSR count). The zero-order valence-corrected chi connectivity index (χ0v) is 12.5. The summed E-state index contributed by atoms with van der Waals surface area (Å²) in [7, 11) is 0. The summed E-state index contributed by atoms with van der Waals surface area (Å²) in [5.74, 6) is -0.0601. The maximum absolute atomic E-state index is 11.8. The molecule has 0 spiro atoms. The lowest BCUT2D eigenvalue weighted by molar-refractivity contribution is -0.137. The van der Waals surface area contributed by atoms with E-state index >= 15 is 0 Å². The highest BCUT2D eigenvalue weighted by Gasteiger charge is 2.14. The fourth-order valence-corrected chi connectivity index (χ4v) is 2.31. The molecule has 0 radical (unpaired) electrons. The Bertz CT molecular complexity index is 422. The number of amides is 1. The second-order valence-corrected chi connectivity index (χ2v) is 5.61. The quantitative estimate of drug-likeness (QED) is 0.734. The highest BCUT2D eigenvalue weighted by molar-refractivity contribution is 7.98. The minimum Gasteiger partial charge on any atom is -0.481 e. The predicted molar refractivity (Wildman–Crippen MR) is 81.9 cm³/mol. The van der Waals surface area contributed by atoms with Gasteiger partial charge in [-0.3, -0.25) is 9.59 Å². The van der Waals surface area contributed by atoms with E-state index in [0.29, 0.717) is 19.3 Å². The fraction of sp³-hybridized carbons (Fsp3) is 0.467. The molecule has 0 saturated carbocycles. The third-order valence-electron chi connectivity index (χ3n) is 2.93. The maximum atomic E-state index is 11.8. The molecule has 1 amide bonds. The maximum Gasteiger partial charge on any atom is 0.303 e. The molecule has 0 fully saturated rings. The number of nitrogens with one attached hydrogen (secondary N) is 1. The summed E-state index contributed by atoms with van der Waals surface area (Å²) in [4.78, 5) is 22.5. The smallest absolute Gasteiger partial charge is 0.303 e. The van der Waals surface area contributed by atoms with Crippen molar-refractivity contribution in [3.05, 3.63) is 35.9 Å². The van der Waals surface area contributed by atoms with Crippen LogP contribution >= 0.6 is 11.8 Å². The summed E-state index contributed by atoms with van der Waals surface area (Å²) in [6.07, 6.45) is 3.62. The van der Waals surface area contributed by atoms with E-state index in [1.165, 1.54) is 0 Å². The van der Waals surface area contributed by atoms with Crippen molar-refractivity contribution in [3.63, 3.8) is 0 Å². The van der Waals surface area contributed by atoms with Crippen LogP contribution in [0, 0.1) is 0 Å². The van der Waals surface area contributed by atoms with Gasteiger partial charge in [-0.2, -0.15) is 11.8 Å². The highest BCUT2D eigenvalue weighted by Crippen LogP contribution is 2.08. The molecule has 0 aliphatic carbocycles. The van der Waals surface area contributed by atoms with E-state index in [4.69, 9.17) is 5.11 Å². The van der Waals surface area contributed by atoms with Crippen molar-refractivity contribution in [1.82, 2.24) is 5.32 Å². The summed E-state index contributed by atoms with van der Waals surface area (Å²) in [5, 5.41) is 11.7. The lowest BCUT2D eigenvalue weighted by Gasteiger charge is -2.18. The lowest BCUT2D eigenvalue weighted by Crippen LogP contribution is -2.37. The zero-order valence-electron chi connectivity index (χ0n) is 11.7. The van der Waals surface area contributed by atoms with Gasteiger partial charge in [0.15, 0.2) is 0 Å². The largest absolute Gasteiger partial charge is 0.481 e. The summed E-state index contributed by atoms with van der Waals surface area (Å²) in [5.41, 5.74) is 1.10. The van der Waals surface area contributed by atoms with E-state index in [0.717, 1.165) is 11.3 Å². The van der Waals surface area contributed by atoms with Gasteiger partial charge in [-0.25, -0.2) is 0 Å². The number of hydrogen-bond acceptors (Lipinski definition) is 3. The Hall–Kier alpha value is -1.49. The molecule has 0 aliphatic heterocycles. The summed E-state index contributed by atoms with van der Waals surface area (Å²) in [6, 6.07) is 9.68. The monoisotopic (exact) mass is 295 g/mol. The van der Waals surface area contributed by atoms with Gasteiger partial charge < -0.3 is 10.4 Å². The summed E-state index contributed by atoms with van der Waals surface area (Å²) >= 11 is 1.62. The third kappa shape index (κ3) is 7.19. The highest BCUT2D eigenvalue weighted by atomic mass is 32.2. The fourth-order valence-electron chi connectivity index (χ4n) is 1.92. The van der Waals surface area contributed by atoms with Gasteiger partial charge in [0.25, 0.3) is 0 Å². The van der Waals surface area contributed by atoms with Gasteiger partial charge in [0, 0.05) is 24.6 Å². The van der Waals surface area contributed by atoms with Crippen LogP contribution in [0.5, 0.6) is 0 Å². The van der Waals surface area contributed by atoms with Crippen LogP contribution < -0.4 is 5.32 Å². The molecule has 0 heterocycles. The molecule has 0 aliphatic rings. The van der Waals surface area contributed by atoms with Crippen molar-refractivity contribution in [3.8, 4) is 0 Å². The van der Waals surface area contributed by atoms with Gasteiger partial charge in [0.2, 0.25) is 5.91 Å². The van der Waals surface area contributed by atoms with Gasteiger partial charge in [-0.1, -0.05) is 30.3 Å². The molecular weight excluding hydrogens is 274 g/mol. The molecule has 1 aromatic rings. The molecule has 2 N–H and O–H groups in total. The van der Waals surface area contributed by atoms with Crippen LogP contribution in [0.3, 0.4) is 0 Å². The minimum atomic E-state index is -0.832. The van der Waals surface area contributed by atoms with Crippen molar-refractivity contribution in [2.75, 3.05) is 12.0 Å². The van der Waals surface area contributed by atoms with Crippen molar-refractivity contribution in [1.29, 1.82) is 0 Å². The second kappa shape index (κ2) is 9.42.